The van der Waals surface area contributed by atoms with Crippen LogP contribution in [0.1, 0.15) is 43.1 Å². The second-order valence-corrected chi connectivity index (χ2v) is 5.72. The van der Waals surface area contributed by atoms with Gasteiger partial charge in [0.15, 0.2) is 0 Å². The molecule has 1 aromatic heterocycles. The molecule has 0 saturated heterocycles. The number of aromatic nitrogens is 2. The fourth-order valence-corrected chi connectivity index (χ4v) is 2.83. The lowest BCUT2D eigenvalue weighted by atomic mass is 9.75. The van der Waals surface area contributed by atoms with Gasteiger partial charge in [0.2, 0.25) is 0 Å². The van der Waals surface area contributed by atoms with Crippen molar-refractivity contribution in [3.8, 4) is 0 Å². The normalized spacial score (nSPS) is 23.9. The summed E-state index contributed by atoms with van der Waals surface area (Å²) in [5, 5.41) is 4.42. The number of imidazole rings is 1. The minimum Gasteiger partial charge on any atom is -0.347 e. The minimum atomic E-state index is 0.283. The summed E-state index contributed by atoms with van der Waals surface area (Å²) < 4.78 is 0. The summed E-state index contributed by atoms with van der Waals surface area (Å²) in [6.45, 7) is 2.15. The number of aromatic amines is 1. The van der Waals surface area contributed by atoms with E-state index in [0.29, 0.717) is 12.0 Å². The number of nitrogens with one attached hydrogen (secondary N) is 2. The van der Waals surface area contributed by atoms with E-state index in [2.05, 4.69) is 34.3 Å². The zero-order chi connectivity index (χ0) is 13.2. The molecule has 1 heterocycles. The molecule has 3 nitrogen and oxygen atoms in total. The van der Waals surface area contributed by atoms with E-state index in [-0.39, 0.29) is 6.04 Å². The Bertz CT molecular complexity index is 515. The third-order valence-corrected chi connectivity index (χ3v) is 4.15. The molecule has 2 aromatic rings. The summed E-state index contributed by atoms with van der Waals surface area (Å²) in [5.41, 5.74) is 1.40. The smallest absolute Gasteiger partial charge is 0.122 e. The molecule has 1 aliphatic carbocycles. The summed E-state index contributed by atoms with van der Waals surface area (Å²) in [4.78, 5) is 7.43. The second-order valence-electron chi connectivity index (χ2n) is 5.28. The highest BCUT2D eigenvalue weighted by Crippen LogP contribution is 2.38. The maximum Gasteiger partial charge on any atom is 0.122 e. The lowest BCUT2D eigenvalue weighted by Gasteiger charge is -2.37. The molecule has 0 amide bonds. The molecule has 3 rings (SSSR count). The summed E-state index contributed by atoms with van der Waals surface area (Å²) in [7, 11) is 0. The predicted octanol–water partition coefficient (Wildman–Crippen LogP) is 3.66. The molecule has 0 spiro atoms. The Labute approximate surface area is 118 Å². The molecular formula is C15H18ClN3. The van der Waals surface area contributed by atoms with Crippen LogP contribution in [0.4, 0.5) is 0 Å². The van der Waals surface area contributed by atoms with Gasteiger partial charge in [0, 0.05) is 23.5 Å². The number of H-pyrrole nitrogens is 1. The zero-order valence-electron chi connectivity index (χ0n) is 10.9. The Morgan fingerprint density at radius 1 is 1.32 bits per heavy atom. The van der Waals surface area contributed by atoms with Crippen LogP contribution in [0.3, 0.4) is 0 Å². The first-order chi connectivity index (χ1) is 9.22. The monoisotopic (exact) mass is 275 g/mol. The minimum absolute atomic E-state index is 0.283. The van der Waals surface area contributed by atoms with Crippen molar-refractivity contribution < 1.29 is 0 Å². The third-order valence-electron chi connectivity index (χ3n) is 3.89. The van der Waals surface area contributed by atoms with Gasteiger partial charge in [-0.2, -0.15) is 0 Å². The van der Waals surface area contributed by atoms with Crippen molar-refractivity contribution in [1.82, 2.24) is 15.3 Å². The Morgan fingerprint density at radius 3 is 2.68 bits per heavy atom. The first-order valence-corrected chi connectivity index (χ1v) is 7.11. The van der Waals surface area contributed by atoms with Crippen molar-refractivity contribution in [3.05, 3.63) is 53.1 Å². The summed E-state index contributed by atoms with van der Waals surface area (Å²) >= 11 is 5.91. The molecule has 100 valence electrons. The molecule has 0 radical (unpaired) electrons. The lowest BCUT2D eigenvalue weighted by Crippen LogP contribution is -2.41. The SMILES string of the molecule is CC(NC1CC(c2ccc(Cl)cc2)C1)c1ncc[nH]1. The van der Waals surface area contributed by atoms with E-state index < -0.39 is 0 Å². The van der Waals surface area contributed by atoms with Gasteiger partial charge >= 0.3 is 0 Å². The Balaban J connectivity index is 1.51. The van der Waals surface area contributed by atoms with Crippen molar-refractivity contribution >= 4 is 11.6 Å². The largest absolute Gasteiger partial charge is 0.347 e. The topological polar surface area (TPSA) is 40.7 Å². The molecule has 0 bridgehead atoms. The fraction of sp³-hybridized carbons (Fsp3) is 0.400. The molecule has 19 heavy (non-hydrogen) atoms. The lowest BCUT2D eigenvalue weighted by molar-refractivity contribution is 0.268. The maximum atomic E-state index is 5.91. The van der Waals surface area contributed by atoms with Crippen LogP contribution < -0.4 is 5.32 Å². The van der Waals surface area contributed by atoms with Crippen LogP contribution in [0.15, 0.2) is 36.7 Å². The van der Waals surface area contributed by atoms with Gasteiger partial charge < -0.3 is 10.3 Å². The fourth-order valence-electron chi connectivity index (χ4n) is 2.71. The Kier molecular flexibility index (Phi) is 3.58. The van der Waals surface area contributed by atoms with Crippen LogP contribution in [0.2, 0.25) is 5.02 Å². The molecule has 1 unspecified atom stereocenters. The van der Waals surface area contributed by atoms with Gasteiger partial charge in [-0.25, -0.2) is 4.98 Å². The highest BCUT2D eigenvalue weighted by Gasteiger charge is 2.31. The second kappa shape index (κ2) is 5.35. The van der Waals surface area contributed by atoms with Gasteiger partial charge in [-0.15, -0.1) is 0 Å². The molecule has 1 aromatic carbocycles. The van der Waals surface area contributed by atoms with Crippen LogP contribution in [0.25, 0.3) is 0 Å². The quantitative estimate of drug-likeness (QED) is 0.894. The molecule has 1 atom stereocenters. The summed E-state index contributed by atoms with van der Waals surface area (Å²) in [5.74, 6) is 1.67. The Morgan fingerprint density at radius 2 is 2.05 bits per heavy atom. The van der Waals surface area contributed by atoms with Gasteiger partial charge in [-0.05, 0) is 43.4 Å². The Hall–Kier alpha value is -1.32. The number of benzene rings is 1. The number of nitrogens with zero attached hydrogens (tertiary/aromatic N) is 1. The molecule has 1 saturated carbocycles. The van der Waals surface area contributed by atoms with E-state index in [1.807, 2.05) is 18.3 Å². The third kappa shape index (κ3) is 2.82. The molecule has 4 heteroatoms. The van der Waals surface area contributed by atoms with Crippen molar-refractivity contribution in [2.75, 3.05) is 0 Å². The van der Waals surface area contributed by atoms with Crippen LogP contribution in [0, 0.1) is 0 Å². The van der Waals surface area contributed by atoms with Gasteiger partial charge in [0.25, 0.3) is 0 Å². The molecule has 2 N–H and O–H groups in total. The number of rotatable bonds is 4. The number of hydrogen-bond acceptors (Lipinski definition) is 2. The standard InChI is InChI=1S/C15H18ClN3/c1-10(15-17-6-7-18-15)19-14-8-12(9-14)11-2-4-13(16)5-3-11/h2-7,10,12,14,19H,8-9H2,1H3,(H,17,18). The van der Waals surface area contributed by atoms with Crippen molar-refractivity contribution in [3.63, 3.8) is 0 Å². The van der Waals surface area contributed by atoms with Gasteiger partial charge in [-0.1, -0.05) is 23.7 Å². The van der Waals surface area contributed by atoms with Crippen LogP contribution in [-0.4, -0.2) is 16.0 Å². The van der Waals surface area contributed by atoms with Crippen LogP contribution in [0.5, 0.6) is 0 Å². The van der Waals surface area contributed by atoms with Gasteiger partial charge in [0.1, 0.15) is 5.82 Å². The van der Waals surface area contributed by atoms with E-state index >= 15 is 0 Å². The molecule has 0 aliphatic heterocycles. The van der Waals surface area contributed by atoms with Crippen molar-refractivity contribution in [1.29, 1.82) is 0 Å². The van der Waals surface area contributed by atoms with Crippen molar-refractivity contribution in [2.45, 2.75) is 37.8 Å². The van der Waals surface area contributed by atoms with Crippen LogP contribution >= 0.6 is 11.6 Å². The maximum absolute atomic E-state index is 5.91. The van der Waals surface area contributed by atoms with Crippen molar-refractivity contribution in [2.24, 2.45) is 0 Å². The number of halogens is 1. The summed E-state index contributed by atoms with van der Waals surface area (Å²) in [6.07, 6.45) is 6.04. The average molecular weight is 276 g/mol. The van der Waals surface area contributed by atoms with Gasteiger partial charge in [-0.3, -0.25) is 0 Å². The average Bonchev–Trinajstić information content (AvgIpc) is 2.88. The molecule has 1 aliphatic rings. The van der Waals surface area contributed by atoms with Gasteiger partial charge in [0.05, 0.1) is 6.04 Å². The summed E-state index contributed by atoms with van der Waals surface area (Å²) in [6, 6.07) is 9.09. The van der Waals surface area contributed by atoms with Crippen LogP contribution in [-0.2, 0) is 0 Å². The predicted molar refractivity (Wildman–Crippen MR) is 77.4 cm³/mol. The van der Waals surface area contributed by atoms with E-state index in [1.165, 1.54) is 18.4 Å². The highest BCUT2D eigenvalue weighted by molar-refractivity contribution is 6.30. The van der Waals surface area contributed by atoms with E-state index in [4.69, 9.17) is 11.6 Å². The first kappa shape index (κ1) is 12.7. The van der Waals surface area contributed by atoms with E-state index in [9.17, 15) is 0 Å². The van der Waals surface area contributed by atoms with E-state index in [0.717, 1.165) is 10.8 Å². The molecule has 1 fully saturated rings. The highest BCUT2D eigenvalue weighted by atomic mass is 35.5. The zero-order valence-corrected chi connectivity index (χ0v) is 11.7. The number of hydrogen-bond donors (Lipinski definition) is 2. The van der Waals surface area contributed by atoms with E-state index in [1.54, 1.807) is 6.20 Å². The first-order valence-electron chi connectivity index (χ1n) is 6.73. The molecular weight excluding hydrogens is 258 g/mol.